The van der Waals surface area contributed by atoms with Gasteiger partial charge in [0.25, 0.3) is 5.91 Å². The van der Waals surface area contributed by atoms with Gasteiger partial charge in [-0.1, -0.05) is 12.1 Å². The quantitative estimate of drug-likeness (QED) is 0.320. The topological polar surface area (TPSA) is 143 Å². The van der Waals surface area contributed by atoms with Gasteiger partial charge in [0.1, 0.15) is 5.84 Å². The number of aliphatic hydroxyl groups excluding tert-OH is 1. The molecule has 9 heteroatoms. The number of nitrogen functional groups attached to an aromatic ring is 1. The van der Waals surface area contributed by atoms with E-state index in [9.17, 15) is 9.59 Å². The zero-order valence-corrected chi connectivity index (χ0v) is 14.8. The van der Waals surface area contributed by atoms with Crippen LogP contribution in [0.1, 0.15) is 35.2 Å². The van der Waals surface area contributed by atoms with E-state index >= 15 is 0 Å². The number of amidine groups is 1. The Hall–Kier alpha value is -2.78. The van der Waals surface area contributed by atoms with Crippen molar-refractivity contribution in [3.8, 4) is 0 Å². The Bertz CT molecular complexity index is 766. The summed E-state index contributed by atoms with van der Waals surface area (Å²) in [5.41, 5.74) is 6.13. The Morgan fingerprint density at radius 2 is 1.78 bits per heavy atom. The highest BCUT2D eigenvalue weighted by Gasteiger charge is 2.41. The molecule has 0 radical (unpaired) electrons. The molecule has 0 aliphatic carbocycles. The van der Waals surface area contributed by atoms with Crippen LogP contribution in [0.5, 0.6) is 0 Å². The maximum Gasteiger partial charge on any atom is 0.253 e. The first-order chi connectivity index (χ1) is 12.8. The third kappa shape index (κ3) is 4.15. The largest absolute Gasteiger partial charge is 0.384 e. The summed E-state index contributed by atoms with van der Waals surface area (Å²) in [4.78, 5) is 32.2. The van der Waals surface area contributed by atoms with Crippen LogP contribution in [0.2, 0.25) is 0 Å². The second kappa shape index (κ2) is 7.45. The molecule has 5 N–H and O–H groups in total. The minimum absolute atomic E-state index is 0.0409. The smallest absolute Gasteiger partial charge is 0.253 e. The molecule has 0 bridgehead atoms. The van der Waals surface area contributed by atoms with Crippen LogP contribution in [0, 0.1) is 5.41 Å². The van der Waals surface area contributed by atoms with E-state index in [2.05, 4.69) is 4.99 Å². The van der Waals surface area contributed by atoms with Gasteiger partial charge in [0, 0.05) is 24.2 Å². The van der Waals surface area contributed by atoms with Gasteiger partial charge in [-0.25, -0.2) is 0 Å². The van der Waals surface area contributed by atoms with Gasteiger partial charge in [-0.15, -0.1) is 0 Å². The van der Waals surface area contributed by atoms with E-state index in [0.29, 0.717) is 43.6 Å². The van der Waals surface area contributed by atoms with Crippen LogP contribution in [0.25, 0.3) is 0 Å². The fourth-order valence-corrected chi connectivity index (χ4v) is 3.41. The molecule has 1 aromatic rings. The van der Waals surface area contributed by atoms with E-state index in [4.69, 9.17) is 21.4 Å². The van der Waals surface area contributed by atoms with Gasteiger partial charge in [-0.2, -0.15) is 0 Å². The van der Waals surface area contributed by atoms with Crippen molar-refractivity contribution in [3.63, 3.8) is 0 Å². The standard InChI is InChI=1S/C18H23N5O4/c19-16(20)12-1-3-13(4-2-12)17(27)22-7-5-18(6-8-22)10-23(11-21-18)14(24)9-15(25)26/h1-4,11,15,25-26H,5-10H2,(H3,19,20). The number of nitrogens with two attached hydrogens (primary N) is 1. The van der Waals surface area contributed by atoms with Crippen molar-refractivity contribution in [2.45, 2.75) is 31.1 Å². The number of nitrogens with one attached hydrogen (secondary N) is 1. The Kier molecular flexibility index (Phi) is 5.24. The number of rotatable bonds is 4. The van der Waals surface area contributed by atoms with Gasteiger partial charge >= 0.3 is 0 Å². The van der Waals surface area contributed by atoms with Crippen LogP contribution in [0.3, 0.4) is 0 Å². The molecular formula is C18H23N5O4. The Balaban J connectivity index is 1.57. The first-order valence-corrected chi connectivity index (χ1v) is 8.74. The average molecular weight is 373 g/mol. The van der Waals surface area contributed by atoms with Crippen molar-refractivity contribution >= 4 is 24.0 Å². The molecule has 2 heterocycles. The van der Waals surface area contributed by atoms with Crippen molar-refractivity contribution in [1.82, 2.24) is 9.80 Å². The summed E-state index contributed by atoms with van der Waals surface area (Å²) >= 11 is 0. The second-order valence-corrected chi connectivity index (χ2v) is 6.96. The number of hydrogen-bond donors (Lipinski definition) is 4. The number of amides is 2. The van der Waals surface area contributed by atoms with Gasteiger partial charge in [0.2, 0.25) is 5.91 Å². The molecule has 144 valence electrons. The Morgan fingerprint density at radius 1 is 1.19 bits per heavy atom. The molecular weight excluding hydrogens is 350 g/mol. The summed E-state index contributed by atoms with van der Waals surface area (Å²) in [6.45, 7) is 1.44. The van der Waals surface area contributed by atoms with Crippen molar-refractivity contribution in [2.75, 3.05) is 19.6 Å². The van der Waals surface area contributed by atoms with E-state index in [1.165, 1.54) is 11.2 Å². The van der Waals surface area contributed by atoms with Crippen LogP contribution in [0.15, 0.2) is 29.3 Å². The molecule has 0 atom stereocenters. The lowest BCUT2D eigenvalue weighted by molar-refractivity contribution is -0.135. The average Bonchev–Trinajstić information content (AvgIpc) is 3.05. The summed E-state index contributed by atoms with van der Waals surface area (Å²) in [7, 11) is 0. The van der Waals surface area contributed by atoms with E-state index in [0.717, 1.165) is 0 Å². The maximum absolute atomic E-state index is 12.7. The van der Waals surface area contributed by atoms with Crippen molar-refractivity contribution < 1.29 is 19.8 Å². The van der Waals surface area contributed by atoms with Crippen LogP contribution >= 0.6 is 0 Å². The number of carbonyl (C=O) groups excluding carboxylic acids is 2. The number of benzene rings is 1. The molecule has 0 saturated carbocycles. The SMILES string of the molecule is N=C(N)c1ccc(C(=O)N2CCC3(CC2)CN(C(=O)CC(O)O)C=N3)cc1. The summed E-state index contributed by atoms with van der Waals surface area (Å²) < 4.78 is 0. The molecule has 1 fully saturated rings. The highest BCUT2D eigenvalue weighted by Crippen LogP contribution is 2.31. The zero-order valence-electron chi connectivity index (χ0n) is 14.8. The predicted octanol–water partition coefficient (Wildman–Crippen LogP) is -0.483. The maximum atomic E-state index is 12.7. The van der Waals surface area contributed by atoms with Crippen LogP contribution in [-0.4, -0.2) is 75.5 Å². The summed E-state index contributed by atoms with van der Waals surface area (Å²) in [6, 6.07) is 6.64. The van der Waals surface area contributed by atoms with E-state index in [1.54, 1.807) is 29.2 Å². The van der Waals surface area contributed by atoms with Gasteiger partial charge < -0.3 is 25.7 Å². The van der Waals surface area contributed by atoms with Gasteiger partial charge in [0.15, 0.2) is 6.29 Å². The molecule has 2 amide bonds. The molecule has 0 unspecified atom stereocenters. The Labute approximate surface area is 156 Å². The highest BCUT2D eigenvalue weighted by molar-refractivity contribution is 5.98. The summed E-state index contributed by atoms with van der Waals surface area (Å²) in [5.74, 6) is -0.506. The third-order valence-electron chi connectivity index (χ3n) is 5.04. The first kappa shape index (κ1) is 19.0. The molecule has 1 spiro atoms. The predicted molar refractivity (Wildman–Crippen MR) is 98.4 cm³/mol. The van der Waals surface area contributed by atoms with Gasteiger partial charge in [0.05, 0.1) is 24.8 Å². The molecule has 3 rings (SSSR count). The number of aliphatic hydroxyl groups is 2. The number of nitrogens with zero attached hydrogens (tertiary/aromatic N) is 3. The van der Waals surface area contributed by atoms with Crippen molar-refractivity contribution in [1.29, 1.82) is 5.41 Å². The van der Waals surface area contributed by atoms with Crippen LogP contribution in [0.4, 0.5) is 0 Å². The van der Waals surface area contributed by atoms with E-state index in [1.807, 2.05) is 0 Å². The molecule has 9 nitrogen and oxygen atoms in total. The third-order valence-corrected chi connectivity index (χ3v) is 5.04. The molecule has 2 aliphatic heterocycles. The minimum atomic E-state index is -1.67. The fraction of sp³-hybridized carbons (Fsp3) is 0.444. The monoisotopic (exact) mass is 373 g/mol. The summed E-state index contributed by atoms with van der Waals surface area (Å²) in [6.07, 6.45) is 0.695. The van der Waals surface area contributed by atoms with Gasteiger partial charge in [-0.05, 0) is 25.0 Å². The molecule has 0 aromatic heterocycles. The number of piperidine rings is 1. The Morgan fingerprint density at radius 3 is 2.33 bits per heavy atom. The lowest BCUT2D eigenvalue weighted by Gasteiger charge is -2.37. The number of aliphatic imine (C=N–C) groups is 1. The van der Waals surface area contributed by atoms with Crippen LogP contribution < -0.4 is 5.73 Å². The first-order valence-electron chi connectivity index (χ1n) is 8.74. The fourth-order valence-electron chi connectivity index (χ4n) is 3.41. The summed E-state index contributed by atoms with van der Waals surface area (Å²) in [5, 5.41) is 25.3. The number of carbonyl (C=O) groups is 2. The van der Waals surface area contributed by atoms with Gasteiger partial charge in [-0.3, -0.25) is 20.0 Å². The molecule has 1 saturated heterocycles. The minimum Gasteiger partial charge on any atom is -0.384 e. The second-order valence-electron chi connectivity index (χ2n) is 6.96. The highest BCUT2D eigenvalue weighted by atomic mass is 16.5. The number of likely N-dealkylation sites (tertiary alicyclic amines) is 1. The number of hydrogen-bond acceptors (Lipinski definition) is 6. The lowest BCUT2D eigenvalue weighted by atomic mass is 9.88. The van der Waals surface area contributed by atoms with E-state index in [-0.39, 0.29) is 24.1 Å². The molecule has 1 aromatic carbocycles. The zero-order chi connectivity index (χ0) is 19.6. The van der Waals surface area contributed by atoms with E-state index < -0.39 is 11.8 Å². The lowest BCUT2D eigenvalue weighted by Crippen LogP contribution is -2.48. The molecule has 27 heavy (non-hydrogen) atoms. The van der Waals surface area contributed by atoms with Crippen molar-refractivity contribution in [3.05, 3.63) is 35.4 Å². The molecule has 2 aliphatic rings. The normalized spacial score (nSPS) is 18.3. The van der Waals surface area contributed by atoms with Crippen molar-refractivity contribution in [2.24, 2.45) is 10.7 Å². The van der Waals surface area contributed by atoms with Crippen LogP contribution in [-0.2, 0) is 4.79 Å².